The molecule has 0 aliphatic heterocycles. The lowest BCUT2D eigenvalue weighted by Crippen LogP contribution is -2.15. The topological polar surface area (TPSA) is 100 Å². The minimum atomic E-state index is -1.08. The van der Waals surface area contributed by atoms with E-state index < -0.39 is 12.1 Å². The number of alkyl halides is 1. The van der Waals surface area contributed by atoms with Gasteiger partial charge in [0.25, 0.3) is 0 Å². The molecule has 3 aromatic heterocycles. The van der Waals surface area contributed by atoms with Crippen molar-refractivity contribution in [3.63, 3.8) is 0 Å². The van der Waals surface area contributed by atoms with Gasteiger partial charge in [-0.15, -0.1) is 11.8 Å². The maximum Gasteiger partial charge on any atom is 0.231 e. The highest BCUT2D eigenvalue weighted by molar-refractivity contribution is 7.98. The molecule has 0 bridgehead atoms. The lowest BCUT2D eigenvalue weighted by molar-refractivity contribution is -0.117. The molecule has 2 unspecified atom stereocenters. The molecule has 1 aliphatic rings. The molecular weight excluding hydrogens is 436 g/mol. The van der Waals surface area contributed by atoms with Crippen molar-refractivity contribution in [2.75, 3.05) is 16.9 Å². The second kappa shape index (κ2) is 7.73. The number of amides is 1. The highest BCUT2D eigenvalue weighted by Gasteiger charge is 2.43. The number of nitrogens with zero attached hydrogens (tertiary/aromatic N) is 4. The van der Waals surface area contributed by atoms with Gasteiger partial charge in [-0.2, -0.15) is 5.10 Å². The summed E-state index contributed by atoms with van der Waals surface area (Å²) in [6, 6.07) is 0.0360. The van der Waals surface area contributed by atoms with Crippen LogP contribution >= 0.6 is 11.8 Å². The van der Waals surface area contributed by atoms with Gasteiger partial charge in [-0.3, -0.25) is 14.9 Å². The van der Waals surface area contributed by atoms with Crippen LogP contribution in [0.2, 0.25) is 0 Å². The number of nitrogens with one attached hydrogen (secondary N) is 3. The van der Waals surface area contributed by atoms with Crippen LogP contribution in [0.4, 0.5) is 20.3 Å². The van der Waals surface area contributed by atoms with Crippen LogP contribution in [0.1, 0.15) is 20.3 Å². The van der Waals surface area contributed by atoms with Crippen molar-refractivity contribution in [3.05, 3.63) is 30.6 Å². The maximum absolute atomic E-state index is 15.5. The summed E-state index contributed by atoms with van der Waals surface area (Å²) < 4.78 is 30.3. The molecule has 3 heterocycles. The van der Waals surface area contributed by atoms with E-state index in [-0.39, 0.29) is 24.2 Å². The third-order valence-corrected chi connectivity index (χ3v) is 6.13. The van der Waals surface area contributed by atoms with E-state index >= 15 is 4.39 Å². The van der Waals surface area contributed by atoms with Gasteiger partial charge in [-0.05, 0) is 26.5 Å². The molecule has 0 saturated heterocycles. The van der Waals surface area contributed by atoms with Crippen molar-refractivity contribution in [3.8, 4) is 11.3 Å². The molecule has 0 spiro atoms. The number of carbonyl (C=O) groups excluding carboxylic acids is 1. The number of aromatic amines is 1. The van der Waals surface area contributed by atoms with E-state index in [2.05, 4.69) is 30.8 Å². The molecule has 1 aliphatic carbocycles. The number of H-pyrrole nitrogens is 1. The van der Waals surface area contributed by atoms with E-state index in [4.69, 9.17) is 0 Å². The van der Waals surface area contributed by atoms with Crippen LogP contribution in [0, 0.1) is 11.7 Å². The lowest BCUT2D eigenvalue weighted by Gasteiger charge is -2.17. The van der Waals surface area contributed by atoms with Gasteiger partial charge in [0.2, 0.25) is 5.91 Å². The Morgan fingerprint density at radius 2 is 2.12 bits per heavy atom. The number of anilines is 2. The summed E-state index contributed by atoms with van der Waals surface area (Å²) in [6.45, 7) is 3.88. The molecule has 4 aromatic rings. The highest BCUT2D eigenvalue weighted by atomic mass is 32.2. The number of aromatic nitrogens is 5. The summed E-state index contributed by atoms with van der Waals surface area (Å²) in [5, 5.41) is 13.6. The first-order chi connectivity index (χ1) is 15.4. The standard InChI is InChI=1S/C21H21F2N7OS/c1-9(2)26-19-17(23)20(32-3)16(11-5-25-29-18(11)19)13-7-30-8-14(27-15(30)6-24-13)28-21(31)10-4-12(10)22/h5-10,12,26H,4H2,1-3H3,(H,25,29)(H,28,31). The zero-order valence-corrected chi connectivity index (χ0v) is 18.4. The van der Waals surface area contributed by atoms with Crippen molar-refractivity contribution in [2.24, 2.45) is 5.92 Å². The van der Waals surface area contributed by atoms with Gasteiger partial charge < -0.3 is 15.0 Å². The third kappa shape index (κ3) is 3.46. The van der Waals surface area contributed by atoms with Crippen LogP contribution < -0.4 is 10.6 Å². The molecule has 1 amide bonds. The normalized spacial score (nSPS) is 17.9. The van der Waals surface area contributed by atoms with Gasteiger partial charge >= 0.3 is 0 Å². The minimum absolute atomic E-state index is 0.0360. The Kier molecular flexibility index (Phi) is 5.00. The number of benzene rings is 1. The van der Waals surface area contributed by atoms with Crippen molar-refractivity contribution >= 4 is 45.7 Å². The number of imidazole rings is 1. The zero-order valence-electron chi connectivity index (χ0n) is 17.6. The van der Waals surface area contributed by atoms with Gasteiger partial charge in [0.15, 0.2) is 17.3 Å². The fourth-order valence-electron chi connectivity index (χ4n) is 3.73. The number of halogens is 2. The quantitative estimate of drug-likeness (QED) is 0.374. The van der Waals surface area contributed by atoms with E-state index in [0.29, 0.717) is 38.8 Å². The Balaban J connectivity index is 1.59. The SMILES string of the molecule is CSc1c(F)c(NC(C)C)c2[nH]ncc2c1-c1cn2cc(NC(=O)C3CC3F)nc2cn1. The predicted octanol–water partition coefficient (Wildman–Crippen LogP) is 4.25. The van der Waals surface area contributed by atoms with E-state index in [0.717, 1.165) is 5.39 Å². The van der Waals surface area contributed by atoms with Gasteiger partial charge in [-0.1, -0.05) is 0 Å². The summed E-state index contributed by atoms with van der Waals surface area (Å²) >= 11 is 1.29. The number of hydrogen-bond acceptors (Lipinski definition) is 6. The zero-order chi connectivity index (χ0) is 22.6. The van der Waals surface area contributed by atoms with Crippen LogP contribution in [0.15, 0.2) is 29.7 Å². The summed E-state index contributed by atoms with van der Waals surface area (Å²) in [5.74, 6) is -1.04. The molecular formula is C21H21F2N7OS. The number of carbonyl (C=O) groups is 1. The number of fused-ring (bicyclic) bond motifs is 2. The van der Waals surface area contributed by atoms with E-state index in [9.17, 15) is 9.18 Å². The Morgan fingerprint density at radius 1 is 1.34 bits per heavy atom. The number of thioether (sulfide) groups is 1. The Labute approximate surface area is 186 Å². The smallest absolute Gasteiger partial charge is 0.231 e. The molecule has 0 radical (unpaired) electrons. The third-order valence-electron chi connectivity index (χ3n) is 5.34. The van der Waals surface area contributed by atoms with Crippen LogP contribution in [-0.2, 0) is 4.79 Å². The first-order valence-electron chi connectivity index (χ1n) is 10.2. The molecule has 1 saturated carbocycles. The van der Waals surface area contributed by atoms with E-state index in [1.165, 1.54) is 11.8 Å². The lowest BCUT2D eigenvalue weighted by atomic mass is 10.0. The summed E-state index contributed by atoms with van der Waals surface area (Å²) in [5.41, 5.74) is 2.59. The summed E-state index contributed by atoms with van der Waals surface area (Å²) in [4.78, 5) is 21.3. The average molecular weight is 458 g/mol. The summed E-state index contributed by atoms with van der Waals surface area (Å²) in [6.07, 6.45) is 7.54. The van der Waals surface area contributed by atoms with Crippen molar-refractivity contribution in [2.45, 2.75) is 37.4 Å². The largest absolute Gasteiger partial charge is 0.379 e. The molecule has 1 fully saturated rings. The average Bonchev–Trinajstić information content (AvgIpc) is 3.13. The van der Waals surface area contributed by atoms with Gasteiger partial charge in [-0.25, -0.2) is 13.8 Å². The minimum Gasteiger partial charge on any atom is -0.379 e. The molecule has 11 heteroatoms. The molecule has 3 N–H and O–H groups in total. The van der Waals surface area contributed by atoms with Gasteiger partial charge in [0, 0.05) is 23.2 Å². The maximum atomic E-state index is 15.5. The van der Waals surface area contributed by atoms with Crippen LogP contribution in [0.3, 0.4) is 0 Å². The van der Waals surface area contributed by atoms with E-state index in [1.54, 1.807) is 29.2 Å². The second-order valence-corrected chi connectivity index (χ2v) is 8.88. The Hall–Kier alpha value is -3.21. The number of rotatable bonds is 6. The molecule has 8 nitrogen and oxygen atoms in total. The van der Waals surface area contributed by atoms with Crippen molar-refractivity contribution in [1.82, 2.24) is 24.6 Å². The predicted molar refractivity (Wildman–Crippen MR) is 120 cm³/mol. The fourth-order valence-corrected chi connectivity index (χ4v) is 4.43. The van der Waals surface area contributed by atoms with Gasteiger partial charge in [0.1, 0.15) is 6.17 Å². The molecule has 2 atom stereocenters. The van der Waals surface area contributed by atoms with Crippen LogP contribution in [0.25, 0.3) is 27.8 Å². The Morgan fingerprint density at radius 3 is 2.81 bits per heavy atom. The molecule has 32 heavy (non-hydrogen) atoms. The summed E-state index contributed by atoms with van der Waals surface area (Å²) in [7, 11) is 0. The van der Waals surface area contributed by atoms with Crippen LogP contribution in [-0.4, -0.2) is 48.9 Å². The van der Waals surface area contributed by atoms with Gasteiger partial charge in [0.05, 0.1) is 46.3 Å². The first kappa shape index (κ1) is 20.7. The highest BCUT2D eigenvalue weighted by Crippen LogP contribution is 2.42. The molecule has 1 aromatic carbocycles. The number of hydrogen-bond donors (Lipinski definition) is 3. The molecule has 5 rings (SSSR count). The van der Waals surface area contributed by atoms with E-state index in [1.807, 2.05) is 20.1 Å². The van der Waals surface area contributed by atoms with Crippen LogP contribution in [0.5, 0.6) is 0 Å². The second-order valence-electron chi connectivity index (χ2n) is 8.07. The van der Waals surface area contributed by atoms with Crippen molar-refractivity contribution in [1.29, 1.82) is 0 Å². The fraction of sp³-hybridized carbons (Fsp3) is 0.333. The van der Waals surface area contributed by atoms with Crippen molar-refractivity contribution < 1.29 is 13.6 Å². The Bertz CT molecular complexity index is 1350. The monoisotopic (exact) mass is 457 g/mol. The first-order valence-corrected chi connectivity index (χ1v) is 11.4. The molecule has 166 valence electrons.